The highest BCUT2D eigenvalue weighted by atomic mass is 31.2. The van der Waals surface area contributed by atoms with Crippen LogP contribution in [0.25, 0.3) is 0 Å². The Hall–Kier alpha value is -1.37. The minimum atomic E-state index is -4.26. The number of aliphatic hydroxyl groups excluding tert-OH is 1. The van der Waals surface area contributed by atoms with Gasteiger partial charge in [0.05, 0.1) is 32.8 Å². The van der Waals surface area contributed by atoms with E-state index >= 15 is 0 Å². The second kappa shape index (κ2) is 11.0. The summed E-state index contributed by atoms with van der Waals surface area (Å²) in [4.78, 5) is 24.2. The maximum Gasteiger partial charge on any atom is 0.400 e. The van der Waals surface area contributed by atoms with Gasteiger partial charge < -0.3 is 30.1 Å². The SMILES string of the molecule is CC1(O)C(O)[C@@H](COP(N)(=O)O)O[C@H]1n1ccc(N)nc1=O.CC[N+](CC)(CC)CC. The molecule has 1 aromatic heterocycles. The number of aromatic nitrogens is 2. The predicted octanol–water partition coefficient (Wildman–Crippen LogP) is -0.207. The van der Waals surface area contributed by atoms with Crippen molar-refractivity contribution in [2.45, 2.75) is 58.7 Å². The monoisotopic (exact) mass is 466 g/mol. The van der Waals surface area contributed by atoms with E-state index in [2.05, 4.69) is 37.2 Å². The number of nitrogens with two attached hydrogens (primary N) is 2. The molecule has 0 spiro atoms. The third-order valence-electron chi connectivity index (χ3n) is 5.97. The topological polar surface area (TPSA) is 183 Å². The molecule has 31 heavy (non-hydrogen) atoms. The van der Waals surface area contributed by atoms with Crippen LogP contribution < -0.4 is 16.9 Å². The van der Waals surface area contributed by atoms with Gasteiger partial charge in [0.15, 0.2) is 6.23 Å². The molecule has 2 rings (SSSR count). The molecule has 1 aliphatic rings. The Morgan fingerprint density at radius 2 is 1.81 bits per heavy atom. The van der Waals surface area contributed by atoms with Crippen molar-refractivity contribution in [2.75, 3.05) is 38.5 Å². The first kappa shape index (κ1) is 27.7. The molecule has 1 saturated heterocycles. The molecule has 13 heteroatoms. The first-order valence-electron chi connectivity index (χ1n) is 10.3. The third kappa shape index (κ3) is 7.06. The fourth-order valence-electron chi connectivity index (χ4n) is 3.50. The number of ether oxygens (including phenoxy) is 1. The number of aliphatic hydroxyl groups is 2. The molecule has 12 nitrogen and oxygen atoms in total. The van der Waals surface area contributed by atoms with Gasteiger partial charge in [0.1, 0.15) is 23.6 Å². The van der Waals surface area contributed by atoms with Crippen LogP contribution in [0.2, 0.25) is 0 Å². The normalized spacial score (nSPS) is 28.0. The minimum Gasteiger partial charge on any atom is -0.387 e. The summed E-state index contributed by atoms with van der Waals surface area (Å²) in [6.45, 7) is 14.9. The van der Waals surface area contributed by atoms with Gasteiger partial charge in [-0.15, -0.1) is 0 Å². The number of rotatable bonds is 8. The highest BCUT2D eigenvalue weighted by molar-refractivity contribution is 7.50. The molecule has 1 aliphatic heterocycles. The van der Waals surface area contributed by atoms with Gasteiger partial charge in [-0.25, -0.2) is 14.9 Å². The van der Waals surface area contributed by atoms with Crippen LogP contribution in [0.5, 0.6) is 0 Å². The predicted molar refractivity (Wildman–Crippen MR) is 116 cm³/mol. The quantitative estimate of drug-likeness (QED) is 0.254. The standard InChI is InChI=1S/C10H17N4O7P.C8H20N/c1-10(17)7(15)5(4-20-22(12,18)19)21-8(10)14-3-2-6(11)13-9(14)16;1-5-9(6-2,7-3)8-4/h2-3,5,7-8,15,17H,4H2,1H3,(H2,11,13,16)(H3,12,18,19);5-8H2,1-4H3/q;+1/t5-,7?,8-,10?;/m1./s1. The van der Waals surface area contributed by atoms with Gasteiger partial charge in [-0.1, -0.05) is 0 Å². The summed E-state index contributed by atoms with van der Waals surface area (Å²) in [5.41, 5.74) is 7.54. The van der Waals surface area contributed by atoms with E-state index in [1.54, 1.807) is 0 Å². The molecule has 5 atom stereocenters. The molecule has 0 saturated carbocycles. The van der Waals surface area contributed by atoms with Crippen molar-refractivity contribution in [2.24, 2.45) is 5.50 Å². The summed E-state index contributed by atoms with van der Waals surface area (Å²) < 4.78 is 23.0. The summed E-state index contributed by atoms with van der Waals surface area (Å²) >= 11 is 0. The van der Waals surface area contributed by atoms with Crippen LogP contribution in [0.1, 0.15) is 40.8 Å². The van der Waals surface area contributed by atoms with Crippen molar-refractivity contribution in [3.8, 4) is 0 Å². The Morgan fingerprint density at radius 1 is 1.29 bits per heavy atom. The molecular formula is C18H37N5O7P+. The molecule has 0 aliphatic carbocycles. The molecule has 3 unspecified atom stereocenters. The molecule has 0 aromatic carbocycles. The molecule has 0 bridgehead atoms. The van der Waals surface area contributed by atoms with Gasteiger partial charge >= 0.3 is 13.4 Å². The van der Waals surface area contributed by atoms with Crippen LogP contribution in [0.3, 0.4) is 0 Å². The maximum atomic E-state index is 11.8. The average molecular weight is 466 g/mol. The second-order valence-electron chi connectivity index (χ2n) is 7.71. The zero-order chi connectivity index (χ0) is 24.0. The minimum absolute atomic E-state index is 0.0105. The molecule has 0 radical (unpaired) electrons. The summed E-state index contributed by atoms with van der Waals surface area (Å²) in [7, 11) is -4.26. The average Bonchev–Trinajstić information content (AvgIpc) is 2.92. The van der Waals surface area contributed by atoms with Crippen LogP contribution in [0, 0.1) is 0 Å². The van der Waals surface area contributed by atoms with E-state index in [0.29, 0.717) is 0 Å². The molecule has 1 fully saturated rings. The smallest absolute Gasteiger partial charge is 0.387 e. The lowest BCUT2D eigenvalue weighted by molar-refractivity contribution is -0.921. The fourth-order valence-corrected chi connectivity index (χ4v) is 3.86. The van der Waals surface area contributed by atoms with Crippen molar-refractivity contribution in [3.05, 3.63) is 22.7 Å². The molecule has 0 amide bonds. The van der Waals surface area contributed by atoms with Crippen molar-refractivity contribution in [3.63, 3.8) is 0 Å². The molecule has 180 valence electrons. The van der Waals surface area contributed by atoms with Gasteiger partial charge in [-0.05, 0) is 40.7 Å². The Bertz CT molecular complexity index is 791. The maximum absolute atomic E-state index is 11.8. The van der Waals surface area contributed by atoms with Gasteiger partial charge in [0, 0.05) is 6.20 Å². The lowest BCUT2D eigenvalue weighted by atomic mass is 9.96. The first-order valence-corrected chi connectivity index (χ1v) is 11.9. The van der Waals surface area contributed by atoms with E-state index in [1.807, 2.05) is 0 Å². The van der Waals surface area contributed by atoms with Gasteiger partial charge in [-0.2, -0.15) is 4.98 Å². The zero-order valence-electron chi connectivity index (χ0n) is 18.8. The third-order valence-corrected chi connectivity index (χ3v) is 6.48. The highest BCUT2D eigenvalue weighted by Crippen LogP contribution is 2.40. The Morgan fingerprint density at radius 3 is 2.19 bits per heavy atom. The Kier molecular flexibility index (Phi) is 9.79. The highest BCUT2D eigenvalue weighted by Gasteiger charge is 2.53. The van der Waals surface area contributed by atoms with Gasteiger partial charge in [0.2, 0.25) is 0 Å². The zero-order valence-corrected chi connectivity index (χ0v) is 19.7. The van der Waals surface area contributed by atoms with E-state index in [9.17, 15) is 19.6 Å². The number of hydrogen-bond donors (Lipinski definition) is 5. The van der Waals surface area contributed by atoms with Crippen LogP contribution in [0.4, 0.5) is 5.82 Å². The van der Waals surface area contributed by atoms with Crippen molar-refractivity contribution in [1.82, 2.24) is 9.55 Å². The van der Waals surface area contributed by atoms with Crippen molar-refractivity contribution >= 4 is 13.6 Å². The molecular weight excluding hydrogens is 429 g/mol. The van der Waals surface area contributed by atoms with Crippen LogP contribution in [-0.4, -0.2) is 79.7 Å². The first-order chi connectivity index (χ1) is 14.3. The molecule has 7 N–H and O–H groups in total. The van der Waals surface area contributed by atoms with Crippen molar-refractivity contribution < 1.29 is 33.4 Å². The van der Waals surface area contributed by atoms with Crippen LogP contribution in [-0.2, 0) is 13.8 Å². The van der Waals surface area contributed by atoms with Crippen LogP contribution >= 0.6 is 7.75 Å². The van der Waals surface area contributed by atoms with E-state index in [-0.39, 0.29) is 5.82 Å². The number of hydrogen-bond acceptors (Lipinski definition) is 8. The van der Waals surface area contributed by atoms with Crippen molar-refractivity contribution in [1.29, 1.82) is 0 Å². The molecule has 1 aromatic rings. The summed E-state index contributed by atoms with van der Waals surface area (Å²) in [5, 5.41) is 20.4. The number of quaternary nitrogens is 1. The van der Waals surface area contributed by atoms with Gasteiger partial charge in [0.25, 0.3) is 0 Å². The summed E-state index contributed by atoms with van der Waals surface area (Å²) in [6.07, 6.45) is -2.70. The Balaban J connectivity index is 0.000000452. The lowest BCUT2D eigenvalue weighted by Gasteiger charge is -2.34. The molecule has 2 heterocycles. The van der Waals surface area contributed by atoms with E-state index < -0.39 is 44.1 Å². The fraction of sp³-hybridized carbons (Fsp3) is 0.778. The largest absolute Gasteiger partial charge is 0.400 e. The lowest BCUT2D eigenvalue weighted by Crippen LogP contribution is -2.47. The second-order valence-corrected chi connectivity index (χ2v) is 9.09. The Labute approximate surface area is 182 Å². The van der Waals surface area contributed by atoms with E-state index in [1.165, 1.54) is 49.8 Å². The summed E-state index contributed by atoms with van der Waals surface area (Å²) in [6, 6.07) is 1.32. The van der Waals surface area contributed by atoms with E-state index in [4.69, 9.17) is 20.9 Å². The number of anilines is 1. The number of nitrogen functional groups attached to an aromatic ring is 1. The van der Waals surface area contributed by atoms with E-state index in [0.717, 1.165) is 4.57 Å². The number of nitrogens with zero attached hydrogens (tertiary/aromatic N) is 3. The summed E-state index contributed by atoms with van der Waals surface area (Å²) in [5.74, 6) is -0.0105. The van der Waals surface area contributed by atoms with Gasteiger partial charge in [-0.3, -0.25) is 9.09 Å². The van der Waals surface area contributed by atoms with Crippen LogP contribution in [0.15, 0.2) is 17.1 Å².